The molecule has 2 fully saturated rings. The molecule has 106 valence electrons. The van der Waals surface area contributed by atoms with Crippen molar-refractivity contribution in [3.05, 3.63) is 0 Å². The summed E-state index contributed by atoms with van der Waals surface area (Å²) in [5, 5.41) is 3.42. The van der Waals surface area contributed by atoms with Crippen molar-refractivity contribution in [1.29, 1.82) is 0 Å². The number of hydrogen-bond acceptors (Lipinski definition) is 4. The summed E-state index contributed by atoms with van der Waals surface area (Å²) in [6.07, 6.45) is 2.66. The van der Waals surface area contributed by atoms with Gasteiger partial charge in [0.2, 0.25) is 0 Å². The normalized spacial score (nSPS) is 32.0. The summed E-state index contributed by atoms with van der Waals surface area (Å²) in [7, 11) is 4.56. The predicted molar refractivity (Wildman–Crippen MR) is 77.1 cm³/mol. The van der Waals surface area contributed by atoms with Crippen molar-refractivity contribution in [3.63, 3.8) is 0 Å². The lowest BCUT2D eigenvalue weighted by Gasteiger charge is -2.40. The molecule has 18 heavy (non-hydrogen) atoms. The first kappa shape index (κ1) is 14.3. The molecule has 1 N–H and O–H groups in total. The number of hydrogen-bond donors (Lipinski definition) is 1. The maximum atomic E-state index is 3.42. The van der Waals surface area contributed by atoms with Gasteiger partial charge in [0.15, 0.2) is 0 Å². The molecule has 0 aromatic carbocycles. The van der Waals surface area contributed by atoms with Gasteiger partial charge in [0, 0.05) is 51.4 Å². The quantitative estimate of drug-likeness (QED) is 0.779. The van der Waals surface area contributed by atoms with E-state index in [0.29, 0.717) is 0 Å². The van der Waals surface area contributed by atoms with Gasteiger partial charge >= 0.3 is 0 Å². The van der Waals surface area contributed by atoms with Crippen LogP contribution in [0.3, 0.4) is 0 Å². The number of nitrogens with zero attached hydrogens (tertiary/aromatic N) is 3. The standard InChI is InChI=1S/C14H30N4/c1-13-12-14(4-7-16(13)2)17(3)10-11-18-8-5-15-6-9-18/h13-15H,4-12H2,1-3H3. The molecule has 2 rings (SSSR count). The van der Waals surface area contributed by atoms with Crippen molar-refractivity contribution in [1.82, 2.24) is 20.0 Å². The molecular weight excluding hydrogens is 224 g/mol. The fourth-order valence-corrected chi connectivity index (χ4v) is 3.08. The minimum atomic E-state index is 0.741. The minimum Gasteiger partial charge on any atom is -0.314 e. The van der Waals surface area contributed by atoms with Crippen molar-refractivity contribution < 1.29 is 0 Å². The van der Waals surface area contributed by atoms with E-state index in [-0.39, 0.29) is 0 Å². The lowest BCUT2D eigenvalue weighted by molar-refractivity contribution is 0.0946. The average Bonchev–Trinajstić information content (AvgIpc) is 2.40. The highest BCUT2D eigenvalue weighted by Crippen LogP contribution is 2.19. The Morgan fingerprint density at radius 1 is 1.22 bits per heavy atom. The lowest BCUT2D eigenvalue weighted by atomic mass is 9.98. The van der Waals surface area contributed by atoms with E-state index in [1.165, 1.54) is 45.6 Å². The number of piperidine rings is 1. The summed E-state index contributed by atoms with van der Waals surface area (Å²) in [5.41, 5.74) is 0. The summed E-state index contributed by atoms with van der Waals surface area (Å²) >= 11 is 0. The third-order valence-corrected chi connectivity index (χ3v) is 4.78. The van der Waals surface area contributed by atoms with Crippen LogP contribution in [-0.2, 0) is 0 Å². The second-order valence-corrected chi connectivity index (χ2v) is 6.08. The smallest absolute Gasteiger partial charge is 0.0120 e. The van der Waals surface area contributed by atoms with Crippen LogP contribution in [0.25, 0.3) is 0 Å². The van der Waals surface area contributed by atoms with Gasteiger partial charge in [0.25, 0.3) is 0 Å². The van der Waals surface area contributed by atoms with Crippen molar-refractivity contribution in [2.24, 2.45) is 0 Å². The van der Waals surface area contributed by atoms with E-state index in [9.17, 15) is 0 Å². The number of piperazine rings is 1. The van der Waals surface area contributed by atoms with E-state index in [2.05, 4.69) is 41.0 Å². The fourth-order valence-electron chi connectivity index (χ4n) is 3.08. The Morgan fingerprint density at radius 3 is 2.61 bits per heavy atom. The Bertz CT molecular complexity index is 240. The Balaban J connectivity index is 1.69. The SMILES string of the molecule is CC1CC(N(C)CCN2CCNCC2)CCN1C. The molecule has 2 aliphatic rings. The van der Waals surface area contributed by atoms with Crippen molar-refractivity contribution in [2.75, 3.05) is 59.9 Å². The third kappa shape index (κ3) is 3.92. The zero-order chi connectivity index (χ0) is 13.0. The van der Waals surface area contributed by atoms with Crippen LogP contribution in [-0.4, -0.2) is 86.7 Å². The fraction of sp³-hybridized carbons (Fsp3) is 1.00. The van der Waals surface area contributed by atoms with Gasteiger partial charge in [-0.2, -0.15) is 0 Å². The van der Waals surface area contributed by atoms with Crippen molar-refractivity contribution >= 4 is 0 Å². The first-order valence-corrected chi connectivity index (χ1v) is 7.50. The van der Waals surface area contributed by atoms with Gasteiger partial charge in [-0.3, -0.25) is 4.90 Å². The van der Waals surface area contributed by atoms with E-state index in [1.807, 2.05) is 0 Å². The van der Waals surface area contributed by atoms with Gasteiger partial charge in [0.05, 0.1) is 0 Å². The molecule has 0 amide bonds. The Labute approximate surface area is 112 Å². The molecule has 0 aliphatic carbocycles. The number of likely N-dealkylation sites (N-methyl/N-ethyl adjacent to an activating group) is 1. The number of nitrogens with one attached hydrogen (secondary N) is 1. The van der Waals surface area contributed by atoms with Gasteiger partial charge in [0.1, 0.15) is 0 Å². The first-order chi connectivity index (χ1) is 8.66. The van der Waals surface area contributed by atoms with Crippen molar-refractivity contribution in [3.8, 4) is 0 Å². The van der Waals surface area contributed by atoms with Crippen LogP contribution >= 0.6 is 0 Å². The molecule has 0 aromatic rings. The largest absolute Gasteiger partial charge is 0.314 e. The van der Waals surface area contributed by atoms with Gasteiger partial charge in [-0.05, 0) is 40.4 Å². The molecular formula is C14H30N4. The molecule has 0 bridgehead atoms. The van der Waals surface area contributed by atoms with Crippen LogP contribution in [0.4, 0.5) is 0 Å². The Morgan fingerprint density at radius 2 is 1.94 bits per heavy atom. The van der Waals surface area contributed by atoms with Crippen LogP contribution in [0.15, 0.2) is 0 Å². The Kier molecular flexibility index (Phi) is 5.42. The van der Waals surface area contributed by atoms with E-state index >= 15 is 0 Å². The van der Waals surface area contributed by atoms with Gasteiger partial charge in [-0.15, -0.1) is 0 Å². The molecule has 0 saturated carbocycles. The second kappa shape index (κ2) is 6.85. The van der Waals surface area contributed by atoms with E-state index < -0.39 is 0 Å². The monoisotopic (exact) mass is 254 g/mol. The molecule has 2 atom stereocenters. The highest BCUT2D eigenvalue weighted by Gasteiger charge is 2.25. The highest BCUT2D eigenvalue weighted by atomic mass is 15.2. The average molecular weight is 254 g/mol. The van der Waals surface area contributed by atoms with Crippen molar-refractivity contribution in [2.45, 2.75) is 31.8 Å². The van der Waals surface area contributed by atoms with Crippen LogP contribution in [0.5, 0.6) is 0 Å². The molecule has 2 heterocycles. The summed E-state index contributed by atoms with van der Waals surface area (Å²) < 4.78 is 0. The van der Waals surface area contributed by atoms with E-state index in [4.69, 9.17) is 0 Å². The molecule has 4 nitrogen and oxygen atoms in total. The molecule has 2 saturated heterocycles. The number of likely N-dealkylation sites (tertiary alicyclic amines) is 1. The highest BCUT2D eigenvalue weighted by molar-refractivity contribution is 4.82. The van der Waals surface area contributed by atoms with E-state index in [1.54, 1.807) is 0 Å². The molecule has 0 aromatic heterocycles. The van der Waals surface area contributed by atoms with Gasteiger partial charge in [-0.1, -0.05) is 0 Å². The second-order valence-electron chi connectivity index (χ2n) is 6.08. The van der Waals surface area contributed by atoms with Gasteiger partial charge in [-0.25, -0.2) is 0 Å². The number of rotatable bonds is 4. The zero-order valence-electron chi connectivity index (χ0n) is 12.4. The van der Waals surface area contributed by atoms with Gasteiger partial charge < -0.3 is 15.1 Å². The predicted octanol–water partition coefficient (Wildman–Crippen LogP) is 0.306. The van der Waals surface area contributed by atoms with Crippen LogP contribution < -0.4 is 5.32 Å². The summed E-state index contributed by atoms with van der Waals surface area (Å²) in [5.74, 6) is 0. The molecule has 4 heteroatoms. The molecule has 2 unspecified atom stereocenters. The Hall–Kier alpha value is -0.160. The first-order valence-electron chi connectivity index (χ1n) is 7.50. The van der Waals surface area contributed by atoms with Crippen LogP contribution in [0, 0.1) is 0 Å². The lowest BCUT2D eigenvalue weighted by Crippen LogP contribution is -2.50. The van der Waals surface area contributed by atoms with E-state index in [0.717, 1.165) is 25.2 Å². The molecule has 0 radical (unpaired) electrons. The van der Waals surface area contributed by atoms with Crippen LogP contribution in [0.1, 0.15) is 19.8 Å². The summed E-state index contributed by atoms with van der Waals surface area (Å²) in [6.45, 7) is 10.8. The summed E-state index contributed by atoms with van der Waals surface area (Å²) in [4.78, 5) is 7.66. The molecule has 0 spiro atoms. The minimum absolute atomic E-state index is 0.741. The topological polar surface area (TPSA) is 21.8 Å². The summed E-state index contributed by atoms with van der Waals surface area (Å²) in [6, 6.07) is 1.53. The maximum Gasteiger partial charge on any atom is 0.0120 e. The molecule has 2 aliphatic heterocycles. The zero-order valence-corrected chi connectivity index (χ0v) is 12.4. The van der Waals surface area contributed by atoms with Crippen LogP contribution in [0.2, 0.25) is 0 Å². The third-order valence-electron chi connectivity index (χ3n) is 4.78. The maximum absolute atomic E-state index is 3.42.